The van der Waals surface area contributed by atoms with Crippen molar-refractivity contribution in [1.29, 1.82) is 0 Å². The quantitative estimate of drug-likeness (QED) is 0.285. The fourth-order valence-electron chi connectivity index (χ4n) is 2.18. The van der Waals surface area contributed by atoms with Crippen LogP contribution in [0.4, 0.5) is 5.69 Å². The van der Waals surface area contributed by atoms with Gasteiger partial charge >= 0.3 is 0 Å². The summed E-state index contributed by atoms with van der Waals surface area (Å²) in [4.78, 5) is 10.3. The Morgan fingerprint density at radius 2 is 2.05 bits per heavy atom. The topological polar surface area (TPSA) is 43.1 Å². The van der Waals surface area contributed by atoms with Crippen molar-refractivity contribution in [3.05, 3.63) is 64.8 Å². The van der Waals surface area contributed by atoms with Crippen molar-refractivity contribution in [3.8, 4) is 0 Å². The average Bonchev–Trinajstić information content (AvgIpc) is 2.37. The predicted molar refractivity (Wildman–Crippen MR) is 79.3 cm³/mol. The van der Waals surface area contributed by atoms with Crippen LogP contribution in [-0.4, -0.2) is 4.92 Å². The second-order valence-corrected chi connectivity index (χ2v) is 4.93. The van der Waals surface area contributed by atoms with Crippen LogP contribution in [0.25, 0.3) is 0 Å². The first-order valence-electron chi connectivity index (χ1n) is 6.54. The number of allylic oxidation sites excluding steroid dienone is 2. The molecule has 0 aliphatic heterocycles. The van der Waals surface area contributed by atoms with Gasteiger partial charge in [0, 0.05) is 12.1 Å². The third-order valence-corrected chi connectivity index (χ3v) is 3.13. The third-order valence-electron chi connectivity index (χ3n) is 3.13. The lowest BCUT2D eigenvalue weighted by Gasteiger charge is -2.17. The van der Waals surface area contributed by atoms with Crippen molar-refractivity contribution in [1.82, 2.24) is 0 Å². The van der Waals surface area contributed by atoms with Crippen molar-refractivity contribution in [3.63, 3.8) is 0 Å². The molecule has 1 aromatic rings. The Morgan fingerprint density at radius 3 is 2.53 bits per heavy atom. The van der Waals surface area contributed by atoms with Crippen LogP contribution in [0.2, 0.25) is 0 Å². The summed E-state index contributed by atoms with van der Waals surface area (Å²) in [5, 5.41) is 10.7. The summed E-state index contributed by atoms with van der Waals surface area (Å²) >= 11 is 0. The Morgan fingerprint density at radius 1 is 1.42 bits per heavy atom. The highest BCUT2D eigenvalue weighted by Crippen LogP contribution is 2.29. The van der Waals surface area contributed by atoms with Crippen LogP contribution in [0, 0.1) is 10.1 Å². The SMILES string of the molecule is C=CCCCC(CC(=C)C)c1ccc([N+](=O)[O-])cc1. The molecule has 1 rings (SSSR count). The Labute approximate surface area is 114 Å². The summed E-state index contributed by atoms with van der Waals surface area (Å²) in [6.07, 6.45) is 5.98. The lowest BCUT2D eigenvalue weighted by Crippen LogP contribution is -2.00. The molecule has 19 heavy (non-hydrogen) atoms. The molecule has 3 heteroatoms. The molecule has 0 aromatic heterocycles. The molecule has 3 nitrogen and oxygen atoms in total. The molecule has 102 valence electrons. The minimum atomic E-state index is -0.366. The second kappa shape index (κ2) is 7.52. The molecule has 1 atom stereocenters. The van der Waals surface area contributed by atoms with E-state index in [-0.39, 0.29) is 10.6 Å². The summed E-state index contributed by atoms with van der Waals surface area (Å²) in [7, 11) is 0. The van der Waals surface area contributed by atoms with Crippen LogP contribution in [-0.2, 0) is 0 Å². The lowest BCUT2D eigenvalue weighted by molar-refractivity contribution is -0.384. The fourth-order valence-corrected chi connectivity index (χ4v) is 2.18. The second-order valence-electron chi connectivity index (χ2n) is 4.93. The van der Waals surface area contributed by atoms with Gasteiger partial charge in [-0.1, -0.05) is 23.8 Å². The van der Waals surface area contributed by atoms with E-state index in [1.54, 1.807) is 12.1 Å². The monoisotopic (exact) mass is 259 g/mol. The largest absolute Gasteiger partial charge is 0.269 e. The molecule has 0 aliphatic carbocycles. The van der Waals surface area contributed by atoms with Gasteiger partial charge < -0.3 is 0 Å². The van der Waals surface area contributed by atoms with E-state index in [4.69, 9.17) is 0 Å². The predicted octanol–water partition coefficient (Wildman–Crippen LogP) is 5.00. The molecule has 0 saturated heterocycles. The molecular formula is C16H21NO2. The zero-order valence-corrected chi connectivity index (χ0v) is 11.5. The summed E-state index contributed by atoms with van der Waals surface area (Å²) in [6.45, 7) is 9.72. The van der Waals surface area contributed by atoms with Crippen LogP contribution < -0.4 is 0 Å². The van der Waals surface area contributed by atoms with E-state index in [2.05, 4.69) is 13.2 Å². The van der Waals surface area contributed by atoms with Crippen molar-refractivity contribution >= 4 is 5.69 Å². The van der Waals surface area contributed by atoms with Crippen LogP contribution in [0.15, 0.2) is 49.1 Å². The lowest BCUT2D eigenvalue weighted by atomic mass is 9.88. The number of hydrogen-bond donors (Lipinski definition) is 0. The summed E-state index contributed by atoms with van der Waals surface area (Å²) in [6, 6.07) is 6.88. The maximum Gasteiger partial charge on any atom is 0.269 e. The van der Waals surface area contributed by atoms with Crippen LogP contribution >= 0.6 is 0 Å². The van der Waals surface area contributed by atoms with Gasteiger partial charge in [-0.3, -0.25) is 10.1 Å². The molecule has 0 fully saturated rings. The number of hydrogen-bond acceptors (Lipinski definition) is 2. The van der Waals surface area contributed by atoms with E-state index in [1.807, 2.05) is 25.1 Å². The Bertz CT molecular complexity index is 448. The molecule has 0 bridgehead atoms. The van der Waals surface area contributed by atoms with E-state index in [1.165, 1.54) is 0 Å². The first kappa shape index (κ1) is 15.2. The van der Waals surface area contributed by atoms with E-state index >= 15 is 0 Å². The van der Waals surface area contributed by atoms with Crippen molar-refractivity contribution in [2.24, 2.45) is 0 Å². The highest BCUT2D eigenvalue weighted by atomic mass is 16.6. The maximum absolute atomic E-state index is 10.7. The molecule has 0 radical (unpaired) electrons. The Balaban J connectivity index is 2.80. The van der Waals surface area contributed by atoms with Gasteiger partial charge in [-0.25, -0.2) is 0 Å². The van der Waals surface area contributed by atoms with Crippen molar-refractivity contribution in [2.45, 2.75) is 38.5 Å². The van der Waals surface area contributed by atoms with Crippen LogP contribution in [0.3, 0.4) is 0 Å². The van der Waals surface area contributed by atoms with Gasteiger partial charge in [0.05, 0.1) is 4.92 Å². The van der Waals surface area contributed by atoms with E-state index in [0.29, 0.717) is 5.92 Å². The zero-order valence-electron chi connectivity index (χ0n) is 11.5. The van der Waals surface area contributed by atoms with Gasteiger partial charge in [-0.2, -0.15) is 0 Å². The van der Waals surface area contributed by atoms with E-state index < -0.39 is 0 Å². The standard InChI is InChI=1S/C16H21NO2/c1-4-5-6-7-15(12-13(2)3)14-8-10-16(11-9-14)17(18)19/h4,8-11,15H,1-2,5-7,12H2,3H3. The first-order chi connectivity index (χ1) is 9.04. The molecule has 1 aromatic carbocycles. The number of non-ortho nitro benzene ring substituents is 1. The fraction of sp³-hybridized carbons (Fsp3) is 0.375. The number of rotatable bonds is 8. The minimum Gasteiger partial charge on any atom is -0.258 e. The summed E-state index contributed by atoms with van der Waals surface area (Å²) in [5.74, 6) is 0.387. The highest BCUT2D eigenvalue weighted by molar-refractivity contribution is 5.34. The normalized spacial score (nSPS) is 11.8. The number of nitrogens with zero attached hydrogens (tertiary/aromatic N) is 1. The molecule has 0 N–H and O–H groups in total. The average molecular weight is 259 g/mol. The van der Waals surface area contributed by atoms with Gasteiger partial charge in [0.25, 0.3) is 5.69 Å². The Kier molecular flexibility index (Phi) is 6.00. The van der Waals surface area contributed by atoms with Crippen molar-refractivity contribution < 1.29 is 4.92 Å². The number of nitro groups is 1. The molecule has 0 aliphatic rings. The maximum atomic E-state index is 10.7. The van der Waals surface area contributed by atoms with Gasteiger partial charge in [0.1, 0.15) is 0 Å². The molecule has 0 saturated carbocycles. The number of nitro benzene ring substituents is 1. The van der Waals surface area contributed by atoms with E-state index in [0.717, 1.165) is 36.8 Å². The highest BCUT2D eigenvalue weighted by Gasteiger charge is 2.13. The van der Waals surface area contributed by atoms with Crippen LogP contribution in [0.1, 0.15) is 44.1 Å². The van der Waals surface area contributed by atoms with Gasteiger partial charge in [0.15, 0.2) is 0 Å². The number of unbranched alkanes of at least 4 members (excludes halogenated alkanes) is 1. The molecule has 0 spiro atoms. The molecule has 0 heterocycles. The first-order valence-corrected chi connectivity index (χ1v) is 6.54. The summed E-state index contributed by atoms with van der Waals surface area (Å²) < 4.78 is 0. The smallest absolute Gasteiger partial charge is 0.258 e. The van der Waals surface area contributed by atoms with Gasteiger partial charge in [-0.15, -0.1) is 13.2 Å². The van der Waals surface area contributed by atoms with Gasteiger partial charge in [0.2, 0.25) is 0 Å². The molecular weight excluding hydrogens is 238 g/mol. The number of benzene rings is 1. The Hall–Kier alpha value is -1.90. The third kappa shape index (κ3) is 5.08. The zero-order chi connectivity index (χ0) is 14.3. The van der Waals surface area contributed by atoms with E-state index in [9.17, 15) is 10.1 Å². The molecule has 0 amide bonds. The van der Waals surface area contributed by atoms with Gasteiger partial charge in [-0.05, 0) is 44.1 Å². The minimum absolute atomic E-state index is 0.143. The van der Waals surface area contributed by atoms with Crippen molar-refractivity contribution in [2.75, 3.05) is 0 Å². The summed E-state index contributed by atoms with van der Waals surface area (Å²) in [5.41, 5.74) is 2.43. The van der Waals surface area contributed by atoms with Crippen LogP contribution in [0.5, 0.6) is 0 Å². The molecule has 1 unspecified atom stereocenters.